The molecule has 0 aliphatic heterocycles. The molecule has 0 radical (unpaired) electrons. The quantitative estimate of drug-likeness (QED) is 0.250. The zero-order chi connectivity index (χ0) is 27.4. The highest BCUT2D eigenvalue weighted by Crippen LogP contribution is 2.38. The molecule has 0 aromatic heterocycles. The first-order valence-electron chi connectivity index (χ1n) is 13.0. The fourth-order valence-electron chi connectivity index (χ4n) is 5.05. The number of ether oxygens (including phenoxy) is 1. The molecular weight excluding hydrogens is 502 g/mol. The highest BCUT2D eigenvalue weighted by Gasteiger charge is 2.24. The third kappa shape index (κ3) is 5.62. The summed E-state index contributed by atoms with van der Waals surface area (Å²) in [5, 5.41) is 0. The lowest BCUT2D eigenvalue weighted by molar-refractivity contribution is 0.314. The zero-order valence-electron chi connectivity index (χ0n) is 21.5. The van der Waals surface area contributed by atoms with E-state index in [1.54, 1.807) is 19.1 Å². The second kappa shape index (κ2) is 12.1. The molecule has 0 amide bonds. The Morgan fingerprint density at radius 3 is 1.87 bits per heavy atom. The Kier molecular flexibility index (Phi) is 8.85. The predicted molar refractivity (Wildman–Crippen MR) is 137 cm³/mol. The number of rotatable bonds is 9. The van der Waals surface area contributed by atoms with Crippen LogP contribution in [0.5, 0.6) is 5.75 Å². The molecule has 0 saturated heterocycles. The second-order valence-electron chi connectivity index (χ2n) is 9.63. The van der Waals surface area contributed by atoms with E-state index >= 15 is 8.78 Å². The first kappa shape index (κ1) is 27.8. The van der Waals surface area contributed by atoms with Crippen molar-refractivity contribution in [1.29, 1.82) is 0 Å². The fraction of sp³-hybridized carbons (Fsp3) is 0.355. The molecule has 202 valence electrons. The predicted octanol–water partition coefficient (Wildman–Crippen LogP) is 9.36. The van der Waals surface area contributed by atoms with Gasteiger partial charge in [-0.3, -0.25) is 0 Å². The summed E-state index contributed by atoms with van der Waals surface area (Å²) in [5.74, 6) is -6.60. The van der Waals surface area contributed by atoms with Gasteiger partial charge in [0.1, 0.15) is 0 Å². The van der Waals surface area contributed by atoms with E-state index in [9.17, 15) is 17.6 Å². The minimum atomic E-state index is -1.31. The van der Waals surface area contributed by atoms with Crippen molar-refractivity contribution in [1.82, 2.24) is 0 Å². The lowest BCUT2D eigenvalue weighted by atomic mass is 9.83. The number of aryl methyl sites for hydroxylation is 2. The van der Waals surface area contributed by atoms with Crippen LogP contribution in [0.3, 0.4) is 0 Å². The first-order chi connectivity index (χ1) is 18.3. The van der Waals surface area contributed by atoms with Crippen LogP contribution < -0.4 is 4.74 Å². The van der Waals surface area contributed by atoms with Gasteiger partial charge in [0.25, 0.3) is 0 Å². The molecule has 1 aliphatic rings. The summed E-state index contributed by atoms with van der Waals surface area (Å²) in [5.41, 5.74) is 0.672. The molecule has 0 fully saturated rings. The van der Waals surface area contributed by atoms with Crippen molar-refractivity contribution in [3.63, 3.8) is 0 Å². The monoisotopic (exact) mass is 532 g/mol. The highest BCUT2D eigenvalue weighted by molar-refractivity contribution is 5.72. The van der Waals surface area contributed by atoms with Crippen molar-refractivity contribution in [3.05, 3.63) is 94.1 Å². The molecule has 1 unspecified atom stereocenters. The van der Waals surface area contributed by atoms with E-state index in [4.69, 9.17) is 4.74 Å². The van der Waals surface area contributed by atoms with Crippen molar-refractivity contribution < 1.29 is 31.1 Å². The molecule has 0 bridgehead atoms. The fourth-order valence-corrected chi connectivity index (χ4v) is 5.05. The molecule has 3 aromatic carbocycles. The van der Waals surface area contributed by atoms with E-state index in [2.05, 4.69) is 0 Å². The van der Waals surface area contributed by atoms with Crippen LogP contribution in [-0.4, -0.2) is 6.61 Å². The Morgan fingerprint density at radius 1 is 0.684 bits per heavy atom. The van der Waals surface area contributed by atoms with Crippen LogP contribution in [0.25, 0.3) is 16.7 Å². The smallest absolute Gasteiger partial charge is 0.201 e. The van der Waals surface area contributed by atoms with Gasteiger partial charge in [-0.25, -0.2) is 22.0 Å². The highest BCUT2D eigenvalue weighted by atomic mass is 19.2. The Bertz CT molecular complexity index is 1350. The van der Waals surface area contributed by atoms with Gasteiger partial charge in [0.05, 0.1) is 6.61 Å². The molecule has 4 rings (SSSR count). The maximum atomic E-state index is 15.1. The van der Waals surface area contributed by atoms with Crippen LogP contribution in [0, 0.1) is 40.8 Å². The largest absolute Gasteiger partial charge is 0.491 e. The lowest BCUT2D eigenvalue weighted by Crippen LogP contribution is -2.09. The maximum absolute atomic E-state index is 15.1. The summed E-state index contributed by atoms with van der Waals surface area (Å²) in [4.78, 5) is 0. The lowest BCUT2D eigenvalue weighted by Gasteiger charge is -2.23. The molecule has 0 heterocycles. The van der Waals surface area contributed by atoms with Gasteiger partial charge in [-0.2, -0.15) is 4.39 Å². The average molecular weight is 533 g/mol. The summed E-state index contributed by atoms with van der Waals surface area (Å²) in [6.45, 7) is 3.66. The molecule has 0 N–H and O–H groups in total. The van der Waals surface area contributed by atoms with E-state index in [0.29, 0.717) is 55.2 Å². The molecular formula is C31H30F6O. The van der Waals surface area contributed by atoms with Gasteiger partial charge in [-0.1, -0.05) is 43.7 Å². The van der Waals surface area contributed by atoms with Crippen LogP contribution in [-0.2, 0) is 12.8 Å². The summed E-state index contributed by atoms with van der Waals surface area (Å²) >= 11 is 0. The van der Waals surface area contributed by atoms with E-state index in [0.717, 1.165) is 12.5 Å². The van der Waals surface area contributed by atoms with Gasteiger partial charge in [0, 0.05) is 16.7 Å². The summed E-state index contributed by atoms with van der Waals surface area (Å²) in [7, 11) is 0. The summed E-state index contributed by atoms with van der Waals surface area (Å²) in [6.07, 6.45) is 5.86. The Hall–Kier alpha value is -3.22. The molecule has 7 heteroatoms. The molecule has 1 aliphatic carbocycles. The molecule has 1 atom stereocenters. The number of benzene rings is 3. The Morgan fingerprint density at radius 2 is 1.26 bits per heavy atom. The minimum absolute atomic E-state index is 0.0798. The second-order valence-corrected chi connectivity index (χ2v) is 9.63. The van der Waals surface area contributed by atoms with Crippen LogP contribution in [0.15, 0.2) is 42.5 Å². The maximum Gasteiger partial charge on any atom is 0.201 e. The van der Waals surface area contributed by atoms with Gasteiger partial charge >= 0.3 is 0 Å². The minimum Gasteiger partial charge on any atom is -0.491 e. The normalized spacial score (nSPS) is 15.5. The number of hydrogen-bond acceptors (Lipinski definition) is 1. The third-order valence-corrected chi connectivity index (χ3v) is 7.17. The summed E-state index contributed by atoms with van der Waals surface area (Å²) < 4.78 is 92.6. The Labute approximate surface area is 219 Å². The van der Waals surface area contributed by atoms with Crippen molar-refractivity contribution >= 4 is 5.57 Å². The number of halogens is 6. The molecule has 0 spiro atoms. The van der Waals surface area contributed by atoms with E-state index < -0.39 is 40.5 Å². The molecule has 38 heavy (non-hydrogen) atoms. The standard InChI is InChI=1S/C31H30F6O/c1-3-5-20-12-13-21(27(33)26(20)32)11-8-18-6-9-19(10-7-18)22-14-15-23(29(35)28(22)34)24-16-17-25(38-4-2)31(37)30(24)36/h9,12-18H,3-8,10-11H2,1-2H3. The first-order valence-corrected chi connectivity index (χ1v) is 13.0. The molecule has 3 aromatic rings. The van der Waals surface area contributed by atoms with Gasteiger partial charge in [0.2, 0.25) is 5.82 Å². The number of allylic oxidation sites excluding steroid dienone is 2. The van der Waals surface area contributed by atoms with Crippen molar-refractivity contribution in [3.8, 4) is 16.9 Å². The molecule has 0 saturated carbocycles. The van der Waals surface area contributed by atoms with E-state index in [1.807, 2.05) is 13.0 Å². The molecule has 1 nitrogen and oxygen atoms in total. The SMILES string of the molecule is CCCc1ccc(CCC2CC=C(c3ccc(-c4ccc(OCC)c(F)c4F)c(F)c3F)CC2)c(F)c1F. The van der Waals surface area contributed by atoms with Crippen molar-refractivity contribution in [2.45, 2.75) is 58.8 Å². The number of hydrogen-bond donors (Lipinski definition) is 0. The van der Waals surface area contributed by atoms with Crippen molar-refractivity contribution in [2.75, 3.05) is 6.61 Å². The van der Waals surface area contributed by atoms with Crippen LogP contribution in [0.2, 0.25) is 0 Å². The summed E-state index contributed by atoms with van der Waals surface area (Å²) in [6, 6.07) is 8.27. The van der Waals surface area contributed by atoms with Gasteiger partial charge in [-0.15, -0.1) is 0 Å². The average Bonchev–Trinajstić information content (AvgIpc) is 2.92. The zero-order valence-corrected chi connectivity index (χ0v) is 21.5. The van der Waals surface area contributed by atoms with Gasteiger partial charge in [0.15, 0.2) is 34.8 Å². The third-order valence-electron chi connectivity index (χ3n) is 7.17. The van der Waals surface area contributed by atoms with Crippen LogP contribution in [0.1, 0.15) is 62.6 Å². The van der Waals surface area contributed by atoms with Crippen LogP contribution >= 0.6 is 0 Å². The van der Waals surface area contributed by atoms with Crippen LogP contribution in [0.4, 0.5) is 26.3 Å². The van der Waals surface area contributed by atoms with Gasteiger partial charge in [-0.05, 0) is 80.2 Å². The van der Waals surface area contributed by atoms with Gasteiger partial charge < -0.3 is 4.74 Å². The topological polar surface area (TPSA) is 9.23 Å². The van der Waals surface area contributed by atoms with E-state index in [-0.39, 0.29) is 29.4 Å². The van der Waals surface area contributed by atoms with Crippen molar-refractivity contribution in [2.24, 2.45) is 5.92 Å². The van der Waals surface area contributed by atoms with E-state index in [1.165, 1.54) is 18.2 Å². The Balaban J connectivity index is 1.46.